The molecule has 0 aliphatic heterocycles. The molecule has 52 valence electrons. The molecular weight excluding hydrogens is 114 g/mol. The Balaban J connectivity index is 1.98. The number of hydrogen-bond acceptors (Lipinski definition) is 2. The summed E-state index contributed by atoms with van der Waals surface area (Å²) >= 11 is 0. The zero-order chi connectivity index (χ0) is 6.74. The molecule has 0 saturated heterocycles. The molecule has 9 heavy (non-hydrogen) atoms. The van der Waals surface area contributed by atoms with Crippen molar-refractivity contribution < 1.29 is 0 Å². The van der Waals surface area contributed by atoms with Gasteiger partial charge in [0.2, 0.25) is 0 Å². The summed E-state index contributed by atoms with van der Waals surface area (Å²) in [7, 11) is 0. The van der Waals surface area contributed by atoms with Gasteiger partial charge in [-0.3, -0.25) is 0 Å². The topological polar surface area (TPSA) is 29.4 Å². The van der Waals surface area contributed by atoms with Crippen LogP contribution in [0.1, 0.15) is 32.6 Å². The number of nitrogens with zero attached hydrogens (tertiary/aromatic N) is 1. The van der Waals surface area contributed by atoms with Gasteiger partial charge in [0.1, 0.15) is 0 Å². The molecule has 1 rings (SSSR count). The van der Waals surface area contributed by atoms with E-state index in [4.69, 9.17) is 0 Å². The molecule has 0 bridgehead atoms. The van der Waals surface area contributed by atoms with Gasteiger partial charge < -0.3 is 0 Å². The first kappa shape index (κ1) is 6.72. The minimum absolute atomic E-state index is 0.510. The van der Waals surface area contributed by atoms with Crippen molar-refractivity contribution in [2.24, 2.45) is 10.6 Å². The second kappa shape index (κ2) is 2.46. The minimum atomic E-state index is 0.510. The van der Waals surface area contributed by atoms with Crippen LogP contribution in [0.4, 0.5) is 0 Å². The fourth-order valence-corrected chi connectivity index (χ4v) is 1.03. The van der Waals surface area contributed by atoms with E-state index in [0.29, 0.717) is 12.0 Å². The molecule has 2 nitrogen and oxygen atoms in total. The zero-order valence-electron chi connectivity index (χ0n) is 5.89. The van der Waals surface area contributed by atoms with Crippen LogP contribution >= 0.6 is 0 Å². The molecule has 0 N–H and O–H groups in total. The van der Waals surface area contributed by atoms with Gasteiger partial charge >= 0.3 is 0 Å². The van der Waals surface area contributed by atoms with Gasteiger partial charge in [-0.2, -0.15) is 4.91 Å². The van der Waals surface area contributed by atoms with Crippen molar-refractivity contribution in [3.8, 4) is 0 Å². The summed E-state index contributed by atoms with van der Waals surface area (Å²) in [5.41, 5.74) is 0.602. The average Bonchev–Trinajstić information content (AvgIpc) is 2.50. The molecule has 0 unspecified atom stereocenters. The van der Waals surface area contributed by atoms with Crippen LogP contribution in [0.2, 0.25) is 0 Å². The molecule has 0 aromatic rings. The summed E-state index contributed by atoms with van der Waals surface area (Å²) in [5, 5.41) is 2.82. The van der Waals surface area contributed by atoms with Crippen molar-refractivity contribution >= 4 is 0 Å². The lowest BCUT2D eigenvalue weighted by molar-refractivity contribution is 0.499. The van der Waals surface area contributed by atoms with Crippen LogP contribution in [0.15, 0.2) is 5.18 Å². The lowest BCUT2D eigenvalue weighted by Crippen LogP contribution is -1.93. The van der Waals surface area contributed by atoms with E-state index in [1.54, 1.807) is 0 Å². The van der Waals surface area contributed by atoms with Crippen LogP contribution in [-0.4, -0.2) is 6.54 Å². The highest BCUT2D eigenvalue weighted by Gasteiger charge is 2.35. The Bertz CT molecular complexity index is 107. The molecule has 0 heterocycles. The zero-order valence-corrected chi connectivity index (χ0v) is 5.89. The summed E-state index contributed by atoms with van der Waals surface area (Å²) in [5.74, 6) is 0. The molecular formula is C7H13NO. The third-order valence-electron chi connectivity index (χ3n) is 2.13. The second-order valence-corrected chi connectivity index (χ2v) is 3.27. The lowest BCUT2D eigenvalue weighted by Gasteiger charge is -2.02. The van der Waals surface area contributed by atoms with Gasteiger partial charge in [-0.15, -0.1) is 0 Å². The normalized spacial score (nSPS) is 21.4. The van der Waals surface area contributed by atoms with Gasteiger partial charge in [0.05, 0.1) is 6.54 Å². The van der Waals surface area contributed by atoms with Gasteiger partial charge in [-0.05, 0) is 31.1 Å². The van der Waals surface area contributed by atoms with Gasteiger partial charge in [-0.25, -0.2) is 0 Å². The first-order valence-electron chi connectivity index (χ1n) is 3.56. The largest absolute Gasteiger partial charge is 0.151 e. The molecule has 0 radical (unpaired) electrons. The molecule has 2 heteroatoms. The van der Waals surface area contributed by atoms with Crippen LogP contribution in [0.5, 0.6) is 0 Å². The molecule has 1 aliphatic carbocycles. The van der Waals surface area contributed by atoms with Gasteiger partial charge in [0.15, 0.2) is 0 Å². The second-order valence-electron chi connectivity index (χ2n) is 3.27. The molecule has 1 fully saturated rings. The molecule has 1 saturated carbocycles. The van der Waals surface area contributed by atoms with Gasteiger partial charge in [0, 0.05) is 0 Å². The van der Waals surface area contributed by atoms with E-state index >= 15 is 0 Å². The highest BCUT2D eigenvalue weighted by atomic mass is 16.3. The fourth-order valence-electron chi connectivity index (χ4n) is 1.03. The maximum Gasteiger partial charge on any atom is 0.0811 e. The molecule has 1 aliphatic rings. The highest BCUT2D eigenvalue weighted by molar-refractivity contribution is 4.87. The summed E-state index contributed by atoms with van der Waals surface area (Å²) < 4.78 is 0. The highest BCUT2D eigenvalue weighted by Crippen LogP contribution is 2.48. The van der Waals surface area contributed by atoms with Crippen LogP contribution in [-0.2, 0) is 0 Å². The quantitative estimate of drug-likeness (QED) is 0.421. The Morgan fingerprint density at radius 3 is 2.67 bits per heavy atom. The summed E-state index contributed by atoms with van der Waals surface area (Å²) in [6.45, 7) is 2.79. The molecule has 0 spiro atoms. The molecule has 0 aromatic carbocycles. The van der Waals surface area contributed by atoms with E-state index in [2.05, 4.69) is 12.1 Å². The van der Waals surface area contributed by atoms with Crippen LogP contribution in [0, 0.1) is 10.3 Å². The predicted octanol–water partition coefficient (Wildman–Crippen LogP) is 2.33. The van der Waals surface area contributed by atoms with Crippen LogP contribution in [0.25, 0.3) is 0 Å². The van der Waals surface area contributed by atoms with E-state index in [1.165, 1.54) is 19.3 Å². The maximum atomic E-state index is 9.66. The Morgan fingerprint density at radius 2 is 2.22 bits per heavy atom. The number of hydrogen-bond donors (Lipinski definition) is 0. The summed E-state index contributed by atoms with van der Waals surface area (Å²) in [6.07, 6.45) is 4.89. The first-order chi connectivity index (χ1) is 4.27. The third kappa shape index (κ3) is 2.12. The Morgan fingerprint density at radius 1 is 1.56 bits per heavy atom. The van der Waals surface area contributed by atoms with Crippen molar-refractivity contribution in [2.45, 2.75) is 32.6 Å². The molecule has 0 atom stereocenters. The lowest BCUT2D eigenvalue weighted by atomic mass is 10.0. The number of nitroso groups, excluding NO2 is 1. The van der Waals surface area contributed by atoms with E-state index < -0.39 is 0 Å². The average molecular weight is 127 g/mol. The van der Waals surface area contributed by atoms with Crippen molar-refractivity contribution in [3.05, 3.63) is 4.91 Å². The van der Waals surface area contributed by atoms with Crippen molar-refractivity contribution in [1.82, 2.24) is 0 Å². The predicted molar refractivity (Wildman–Crippen MR) is 37.2 cm³/mol. The van der Waals surface area contributed by atoms with Gasteiger partial charge in [0.25, 0.3) is 0 Å². The summed E-state index contributed by atoms with van der Waals surface area (Å²) in [6, 6.07) is 0. The first-order valence-corrected chi connectivity index (χ1v) is 3.56. The monoisotopic (exact) mass is 127 g/mol. The molecule has 0 aromatic heterocycles. The SMILES string of the molecule is CC1(CCCN=O)CC1. The maximum absolute atomic E-state index is 9.66. The van der Waals surface area contributed by atoms with E-state index in [-0.39, 0.29) is 0 Å². The smallest absolute Gasteiger partial charge is 0.0811 e. The summed E-state index contributed by atoms with van der Waals surface area (Å²) in [4.78, 5) is 9.66. The Hall–Kier alpha value is -0.400. The van der Waals surface area contributed by atoms with Gasteiger partial charge in [-0.1, -0.05) is 12.1 Å². The van der Waals surface area contributed by atoms with Crippen molar-refractivity contribution in [1.29, 1.82) is 0 Å². The standard InChI is InChI=1S/C7H13NO/c1-7(4-5-7)3-2-6-8-9/h2-6H2,1H3. The van der Waals surface area contributed by atoms with E-state index in [0.717, 1.165) is 6.42 Å². The Labute approximate surface area is 55.6 Å². The minimum Gasteiger partial charge on any atom is -0.151 e. The van der Waals surface area contributed by atoms with Crippen molar-refractivity contribution in [3.63, 3.8) is 0 Å². The fraction of sp³-hybridized carbons (Fsp3) is 1.00. The number of rotatable bonds is 4. The Kier molecular flexibility index (Phi) is 1.84. The molecule has 0 amide bonds. The van der Waals surface area contributed by atoms with Crippen LogP contribution < -0.4 is 0 Å². The third-order valence-corrected chi connectivity index (χ3v) is 2.13. The van der Waals surface area contributed by atoms with E-state index in [9.17, 15) is 4.91 Å². The van der Waals surface area contributed by atoms with Crippen LogP contribution in [0.3, 0.4) is 0 Å². The van der Waals surface area contributed by atoms with Crippen molar-refractivity contribution in [2.75, 3.05) is 6.54 Å². The van der Waals surface area contributed by atoms with E-state index in [1.807, 2.05) is 0 Å².